The van der Waals surface area contributed by atoms with Gasteiger partial charge in [0.25, 0.3) is 0 Å². The van der Waals surface area contributed by atoms with Crippen molar-refractivity contribution in [2.45, 2.75) is 76.7 Å². The van der Waals surface area contributed by atoms with E-state index in [0.717, 1.165) is 110 Å². The number of nitrogens with one attached hydrogen (secondary N) is 1. The topological polar surface area (TPSA) is 125 Å². The monoisotopic (exact) mass is 881 g/mol. The minimum absolute atomic E-state index is 0. The number of aromatic hydroxyl groups is 1. The predicted molar refractivity (Wildman–Crippen MR) is 272 cm³/mol. The molecule has 0 unspecified atom stereocenters. The normalized spacial score (nSPS) is 10.1. The van der Waals surface area contributed by atoms with Gasteiger partial charge >= 0.3 is 0 Å². The van der Waals surface area contributed by atoms with Gasteiger partial charge in [-0.15, -0.1) is 0 Å². The number of nitrogens with zero attached hydrogens (tertiary/aromatic N) is 5. The van der Waals surface area contributed by atoms with Crippen LogP contribution in [0.25, 0.3) is 22.6 Å². The van der Waals surface area contributed by atoms with Gasteiger partial charge in [-0.1, -0.05) is 19.6 Å². The van der Waals surface area contributed by atoms with Crippen molar-refractivity contribution in [1.29, 1.82) is 0 Å². The standard InChI is InChI=1S/C19H23N3O.C11H18N2O2.C11H17NO.C10H15NO.CH4/c1-5-20-15-10-11-17-19(13(15)4)23-18-12-14(22(6-2)7-3)8-9-16(18)21-17;1-4-13(5-2)9-6-7-10(15-12)11(8-9)14-3;1-4-12(5-2)10-7-6-8-11(9-10)13-3;1-3-11(4-2)9-6-5-7-10(12)8-9;/h8-12H,5-7H2,1-4H3;6-8H,4-5,12H2,1-3H3;6-9H,4-5H2,1-3H3;5-8,12H,3-4H2,1-2H3;1H4/p+1. The lowest BCUT2D eigenvalue weighted by molar-refractivity contribution is 0.306. The summed E-state index contributed by atoms with van der Waals surface area (Å²) in [5.41, 5.74) is 8.27. The molecule has 0 saturated heterocycles. The molecule has 1 aliphatic heterocycles. The lowest BCUT2D eigenvalue weighted by Gasteiger charge is -2.21. The predicted octanol–water partition coefficient (Wildman–Crippen LogP) is 10.7. The van der Waals surface area contributed by atoms with Crippen LogP contribution in [0, 0.1) is 6.92 Å². The molecule has 4 aromatic rings. The van der Waals surface area contributed by atoms with E-state index in [2.05, 4.69) is 124 Å². The van der Waals surface area contributed by atoms with Crippen molar-refractivity contribution >= 4 is 33.8 Å². The third-order valence-electron chi connectivity index (χ3n) is 10.8. The number of methoxy groups -OCH3 is 2. The molecule has 0 radical (unpaired) electrons. The zero-order valence-corrected chi connectivity index (χ0v) is 40.0. The first kappa shape index (κ1) is 54.0. The highest BCUT2D eigenvalue weighted by molar-refractivity contribution is 5.84. The number of hydrogen-bond donors (Lipinski definition) is 3. The summed E-state index contributed by atoms with van der Waals surface area (Å²) < 4.78 is 18.9. The molecule has 4 aromatic carbocycles. The fourth-order valence-electron chi connectivity index (χ4n) is 7.19. The van der Waals surface area contributed by atoms with Gasteiger partial charge in [0, 0.05) is 98.4 Å². The second-order valence-electron chi connectivity index (χ2n) is 14.3. The molecular formula is C52H78N7O5+. The summed E-state index contributed by atoms with van der Waals surface area (Å²) in [5, 5.41) is 13.8. The van der Waals surface area contributed by atoms with Crippen molar-refractivity contribution in [2.24, 2.45) is 5.90 Å². The van der Waals surface area contributed by atoms with Gasteiger partial charge in [-0.2, -0.15) is 5.90 Å². The highest BCUT2D eigenvalue weighted by Gasteiger charge is 2.14. The molecule has 2 aliphatic rings. The molecule has 0 amide bonds. The third-order valence-corrected chi connectivity index (χ3v) is 10.8. The number of phenols is 1. The SMILES string of the molecule is C.CCN(CC)c1ccc(ON)c(OC)c1.CCN(CC)c1cccc(O)c1.CCN(CC)c1cccc(OC)c1.CCNc1ccc2nc3ccc(=[N+](CC)CC)cc-3oc2c1C. The van der Waals surface area contributed by atoms with Crippen molar-refractivity contribution in [1.82, 2.24) is 9.56 Å². The van der Waals surface area contributed by atoms with Crippen LogP contribution >= 0.6 is 0 Å². The fraction of sp³-hybridized carbons (Fsp3) is 0.423. The molecule has 1 heterocycles. The van der Waals surface area contributed by atoms with Crippen molar-refractivity contribution < 1.29 is 23.8 Å². The molecule has 0 spiro atoms. The Labute approximate surface area is 384 Å². The van der Waals surface area contributed by atoms with Crippen molar-refractivity contribution in [3.8, 4) is 34.5 Å². The molecule has 350 valence electrons. The first-order valence-electron chi connectivity index (χ1n) is 22.4. The third kappa shape index (κ3) is 15.0. The summed E-state index contributed by atoms with van der Waals surface area (Å²) in [6.07, 6.45) is 0. The van der Waals surface area contributed by atoms with Crippen LogP contribution in [0.5, 0.6) is 23.0 Å². The minimum Gasteiger partial charge on any atom is -0.508 e. The van der Waals surface area contributed by atoms with E-state index in [1.165, 1.54) is 11.0 Å². The quantitative estimate of drug-likeness (QED) is 0.0489. The molecule has 0 atom stereocenters. The van der Waals surface area contributed by atoms with Crippen LogP contribution in [0.3, 0.4) is 0 Å². The molecule has 12 nitrogen and oxygen atoms in total. The van der Waals surface area contributed by atoms with Gasteiger partial charge in [0.1, 0.15) is 35.8 Å². The molecule has 4 N–H and O–H groups in total. The number of nitrogens with two attached hydrogens (primary N) is 1. The second-order valence-corrected chi connectivity index (χ2v) is 14.3. The number of ether oxygens (including phenoxy) is 2. The molecular weight excluding hydrogens is 803 g/mol. The fourth-order valence-corrected chi connectivity index (χ4v) is 7.19. The Balaban J connectivity index is 0.000000304. The molecule has 64 heavy (non-hydrogen) atoms. The van der Waals surface area contributed by atoms with Gasteiger partial charge in [0.05, 0.1) is 20.3 Å². The van der Waals surface area contributed by atoms with Crippen LogP contribution in [0.2, 0.25) is 0 Å². The van der Waals surface area contributed by atoms with Crippen LogP contribution < -0.4 is 50.2 Å². The van der Waals surface area contributed by atoms with E-state index < -0.39 is 0 Å². The van der Waals surface area contributed by atoms with Crippen molar-refractivity contribution in [3.63, 3.8) is 0 Å². The minimum atomic E-state index is 0. The van der Waals surface area contributed by atoms with Gasteiger partial charge < -0.3 is 43.9 Å². The zero-order valence-electron chi connectivity index (χ0n) is 40.0. The number of phenolic OH excluding ortho intramolecular Hbond substituents is 1. The average molecular weight is 881 g/mol. The zero-order chi connectivity index (χ0) is 46.3. The maximum Gasteiger partial charge on any atom is 0.203 e. The number of benzene rings is 5. The summed E-state index contributed by atoms with van der Waals surface area (Å²) in [5.74, 6) is 8.41. The summed E-state index contributed by atoms with van der Waals surface area (Å²) >= 11 is 0. The number of hydrogen-bond acceptors (Lipinski definition) is 11. The number of rotatable bonds is 16. The van der Waals surface area contributed by atoms with E-state index >= 15 is 0 Å². The highest BCUT2D eigenvalue weighted by atomic mass is 16.6. The Kier molecular flexibility index (Phi) is 24.1. The molecule has 6 rings (SSSR count). The largest absolute Gasteiger partial charge is 0.508 e. The lowest BCUT2D eigenvalue weighted by atomic mass is 10.1. The summed E-state index contributed by atoms with van der Waals surface area (Å²) in [7, 11) is 3.30. The van der Waals surface area contributed by atoms with Gasteiger partial charge in [-0.3, -0.25) is 0 Å². The van der Waals surface area contributed by atoms with E-state index in [0.29, 0.717) is 17.2 Å². The Morgan fingerprint density at radius 3 is 1.75 bits per heavy atom. The van der Waals surface area contributed by atoms with Crippen LogP contribution in [0.15, 0.2) is 101 Å². The number of aromatic nitrogens is 1. The molecule has 1 aliphatic carbocycles. The molecule has 0 bridgehead atoms. The maximum atomic E-state index is 9.23. The Morgan fingerprint density at radius 1 is 0.656 bits per heavy atom. The summed E-state index contributed by atoms with van der Waals surface area (Å²) in [6.45, 7) is 30.0. The van der Waals surface area contributed by atoms with Crippen molar-refractivity contribution in [3.05, 3.63) is 108 Å². The van der Waals surface area contributed by atoms with Gasteiger partial charge in [-0.25, -0.2) is 9.56 Å². The first-order chi connectivity index (χ1) is 30.5. The Morgan fingerprint density at radius 2 is 1.23 bits per heavy atom. The van der Waals surface area contributed by atoms with Crippen molar-refractivity contribution in [2.75, 3.05) is 93.1 Å². The summed E-state index contributed by atoms with van der Waals surface area (Å²) in [6, 6.07) is 31.5. The second kappa shape index (κ2) is 28.5. The van der Waals surface area contributed by atoms with Crippen LogP contribution in [0.1, 0.15) is 75.3 Å². The van der Waals surface area contributed by atoms with Crippen LogP contribution in [-0.2, 0) is 0 Å². The smallest absolute Gasteiger partial charge is 0.203 e. The van der Waals surface area contributed by atoms with E-state index in [1.807, 2.05) is 54.6 Å². The molecule has 0 aromatic heterocycles. The van der Waals surface area contributed by atoms with Crippen LogP contribution in [0.4, 0.5) is 22.7 Å². The lowest BCUT2D eigenvalue weighted by Crippen LogP contribution is -2.29. The van der Waals surface area contributed by atoms with E-state index in [1.54, 1.807) is 26.4 Å². The molecule has 0 fully saturated rings. The van der Waals surface area contributed by atoms with E-state index in [9.17, 15) is 5.11 Å². The molecule has 0 saturated carbocycles. The highest BCUT2D eigenvalue weighted by Crippen LogP contribution is 2.31. The Bertz CT molecular complexity index is 2280. The van der Waals surface area contributed by atoms with Crippen LogP contribution in [-0.4, -0.2) is 83.2 Å². The Hall–Kier alpha value is -6.14. The first-order valence-corrected chi connectivity index (χ1v) is 22.4. The summed E-state index contributed by atoms with van der Waals surface area (Å²) in [4.78, 5) is 16.2. The van der Waals surface area contributed by atoms with E-state index in [-0.39, 0.29) is 7.43 Å². The van der Waals surface area contributed by atoms with E-state index in [4.69, 9.17) is 29.6 Å². The molecule has 12 heteroatoms. The number of fused-ring (bicyclic) bond motifs is 2. The number of anilines is 4. The average Bonchev–Trinajstić information content (AvgIpc) is 3.32. The van der Waals surface area contributed by atoms with Gasteiger partial charge in [0.2, 0.25) is 5.36 Å². The maximum absolute atomic E-state index is 9.23. The van der Waals surface area contributed by atoms with Gasteiger partial charge in [0.15, 0.2) is 22.8 Å². The van der Waals surface area contributed by atoms with Gasteiger partial charge in [-0.05, 0) is 124 Å². The number of aryl methyl sites for hydroxylation is 1.